The molecule has 28 heavy (non-hydrogen) atoms. The van der Waals surface area contributed by atoms with E-state index in [1.807, 2.05) is 24.3 Å². The Bertz CT molecular complexity index is 849. The fraction of sp³-hybridized carbons (Fsp3) is 0.429. The summed E-state index contributed by atoms with van der Waals surface area (Å²) >= 11 is 0. The van der Waals surface area contributed by atoms with Crippen molar-refractivity contribution >= 4 is 17.1 Å². The lowest BCUT2D eigenvalue weighted by Crippen LogP contribution is -2.47. The molecule has 0 aliphatic carbocycles. The van der Waals surface area contributed by atoms with Crippen LogP contribution in [0.1, 0.15) is 11.1 Å². The van der Waals surface area contributed by atoms with Gasteiger partial charge in [-0.15, -0.1) is 0 Å². The van der Waals surface area contributed by atoms with Gasteiger partial charge in [-0.25, -0.2) is 0 Å². The van der Waals surface area contributed by atoms with Gasteiger partial charge in [0.2, 0.25) is 0 Å². The lowest BCUT2D eigenvalue weighted by molar-refractivity contribution is -0.384. The van der Waals surface area contributed by atoms with Crippen LogP contribution in [0.3, 0.4) is 0 Å². The van der Waals surface area contributed by atoms with Crippen LogP contribution in [0.25, 0.3) is 0 Å². The number of aliphatic hydroxyl groups is 1. The van der Waals surface area contributed by atoms with Gasteiger partial charge in [0.25, 0.3) is 5.69 Å². The number of hydrogen-bond acceptors (Lipinski definition) is 6. The van der Waals surface area contributed by atoms with Gasteiger partial charge in [0.15, 0.2) is 0 Å². The fourth-order valence-electron chi connectivity index (χ4n) is 4.19. The molecule has 0 aromatic heterocycles. The predicted octanol–water partition coefficient (Wildman–Crippen LogP) is 2.27. The molecule has 7 heteroatoms. The van der Waals surface area contributed by atoms with E-state index >= 15 is 0 Å². The minimum Gasteiger partial charge on any atom is -0.395 e. The summed E-state index contributed by atoms with van der Waals surface area (Å²) in [5.74, 6) is 0. The first kappa shape index (κ1) is 18.7. The van der Waals surface area contributed by atoms with E-state index < -0.39 is 0 Å². The summed E-state index contributed by atoms with van der Waals surface area (Å²) in [5.41, 5.74) is 4.48. The monoisotopic (exact) mass is 382 g/mol. The van der Waals surface area contributed by atoms with Crippen molar-refractivity contribution in [3.8, 4) is 0 Å². The summed E-state index contributed by atoms with van der Waals surface area (Å²) in [6.07, 6.45) is 0.900. The van der Waals surface area contributed by atoms with Crippen molar-refractivity contribution in [1.82, 2.24) is 4.90 Å². The van der Waals surface area contributed by atoms with Crippen LogP contribution >= 0.6 is 0 Å². The summed E-state index contributed by atoms with van der Waals surface area (Å²) in [5, 5.41) is 20.8. The van der Waals surface area contributed by atoms with E-state index in [1.165, 1.54) is 11.1 Å². The lowest BCUT2D eigenvalue weighted by Gasteiger charge is -2.36. The first-order valence-electron chi connectivity index (χ1n) is 9.84. The highest BCUT2D eigenvalue weighted by atomic mass is 16.6. The van der Waals surface area contributed by atoms with Crippen molar-refractivity contribution in [1.29, 1.82) is 0 Å². The molecule has 0 radical (unpaired) electrons. The van der Waals surface area contributed by atoms with E-state index in [1.54, 1.807) is 6.07 Å². The number of rotatable bonds is 5. The van der Waals surface area contributed by atoms with E-state index in [9.17, 15) is 10.1 Å². The maximum atomic E-state index is 11.6. The molecule has 0 unspecified atom stereocenters. The Morgan fingerprint density at radius 3 is 2.43 bits per heavy atom. The Hall–Kier alpha value is -2.64. The van der Waals surface area contributed by atoms with Gasteiger partial charge in [0, 0.05) is 57.6 Å². The van der Waals surface area contributed by atoms with Crippen LogP contribution in [-0.4, -0.2) is 60.8 Å². The molecule has 0 atom stereocenters. The molecule has 0 bridgehead atoms. The molecule has 2 aromatic carbocycles. The Labute approximate surface area is 164 Å². The van der Waals surface area contributed by atoms with Crippen molar-refractivity contribution < 1.29 is 10.0 Å². The van der Waals surface area contributed by atoms with Gasteiger partial charge < -0.3 is 14.9 Å². The number of anilines is 2. The topological polar surface area (TPSA) is 73.1 Å². The number of fused-ring (bicyclic) bond motifs is 1. The van der Waals surface area contributed by atoms with Crippen molar-refractivity contribution in [2.24, 2.45) is 0 Å². The highest BCUT2D eigenvalue weighted by molar-refractivity contribution is 5.71. The highest BCUT2D eigenvalue weighted by Gasteiger charge is 2.25. The molecule has 4 rings (SSSR count). The highest BCUT2D eigenvalue weighted by Crippen LogP contribution is 2.35. The van der Waals surface area contributed by atoms with Gasteiger partial charge >= 0.3 is 0 Å². The van der Waals surface area contributed by atoms with E-state index in [2.05, 4.69) is 26.8 Å². The lowest BCUT2D eigenvalue weighted by atomic mass is 9.99. The predicted molar refractivity (Wildman–Crippen MR) is 110 cm³/mol. The Morgan fingerprint density at radius 2 is 1.71 bits per heavy atom. The Morgan fingerprint density at radius 1 is 0.964 bits per heavy atom. The number of nitrogens with zero attached hydrogens (tertiary/aromatic N) is 4. The van der Waals surface area contributed by atoms with Gasteiger partial charge in [-0.3, -0.25) is 15.0 Å². The standard InChI is InChI=1S/C21H26N4O3/c26-14-13-22-9-11-23(12-10-22)19-5-6-20(25(27)28)21(15-19)24-8-7-17-3-1-2-4-18(17)16-24/h1-6,15,26H,7-14,16H2. The number of piperazine rings is 1. The van der Waals surface area contributed by atoms with Gasteiger partial charge in [0.05, 0.1) is 11.5 Å². The normalized spacial score (nSPS) is 17.5. The van der Waals surface area contributed by atoms with E-state index in [0.29, 0.717) is 18.8 Å². The van der Waals surface area contributed by atoms with E-state index in [4.69, 9.17) is 5.11 Å². The summed E-state index contributed by atoms with van der Waals surface area (Å²) in [6, 6.07) is 13.8. The molecule has 1 fully saturated rings. The SMILES string of the molecule is O=[N+]([O-])c1ccc(N2CCN(CCO)CC2)cc1N1CCc2ccccc2C1. The van der Waals surface area contributed by atoms with Crippen LogP contribution in [0.4, 0.5) is 17.1 Å². The number of nitro groups is 1. The molecule has 2 aromatic rings. The molecule has 0 amide bonds. The molecule has 2 aliphatic rings. The van der Waals surface area contributed by atoms with Crippen LogP contribution in [0.5, 0.6) is 0 Å². The number of hydrogen-bond donors (Lipinski definition) is 1. The summed E-state index contributed by atoms with van der Waals surface area (Å²) in [4.78, 5) is 18.0. The molecule has 7 nitrogen and oxygen atoms in total. The van der Waals surface area contributed by atoms with Crippen molar-refractivity contribution in [3.05, 3.63) is 63.7 Å². The second-order valence-electron chi connectivity index (χ2n) is 7.42. The van der Waals surface area contributed by atoms with Gasteiger partial charge in [-0.1, -0.05) is 24.3 Å². The van der Waals surface area contributed by atoms with Crippen LogP contribution in [0, 0.1) is 10.1 Å². The molecule has 148 valence electrons. The molecule has 2 heterocycles. The van der Waals surface area contributed by atoms with Crippen molar-refractivity contribution in [3.63, 3.8) is 0 Å². The second kappa shape index (κ2) is 8.16. The number of β-amino-alcohol motifs (C(OH)–C–C–N with tert-alkyl or cyclic N) is 1. The zero-order chi connectivity index (χ0) is 19.5. The molecule has 2 aliphatic heterocycles. The van der Waals surface area contributed by atoms with Crippen molar-refractivity contribution in [2.75, 3.05) is 55.7 Å². The molecular formula is C21H26N4O3. The Kier molecular flexibility index (Phi) is 5.45. The molecule has 0 saturated carbocycles. The van der Waals surface area contributed by atoms with Crippen molar-refractivity contribution in [2.45, 2.75) is 13.0 Å². The minimum atomic E-state index is -0.279. The maximum absolute atomic E-state index is 11.6. The van der Waals surface area contributed by atoms with Gasteiger partial charge in [-0.2, -0.15) is 0 Å². The third-order valence-electron chi connectivity index (χ3n) is 5.78. The molecule has 1 N–H and O–H groups in total. The number of benzene rings is 2. The minimum absolute atomic E-state index is 0.169. The largest absolute Gasteiger partial charge is 0.395 e. The summed E-state index contributed by atoms with van der Waals surface area (Å²) < 4.78 is 0. The Balaban J connectivity index is 1.58. The van der Waals surface area contributed by atoms with Crippen LogP contribution in [-0.2, 0) is 13.0 Å². The van der Waals surface area contributed by atoms with Crippen LogP contribution in [0.2, 0.25) is 0 Å². The third-order valence-corrected chi connectivity index (χ3v) is 5.78. The second-order valence-corrected chi connectivity index (χ2v) is 7.42. The molecule has 0 spiro atoms. The average molecular weight is 382 g/mol. The number of nitro benzene ring substituents is 1. The van der Waals surface area contributed by atoms with E-state index in [-0.39, 0.29) is 17.2 Å². The zero-order valence-electron chi connectivity index (χ0n) is 16.0. The van der Waals surface area contributed by atoms with Gasteiger partial charge in [0.1, 0.15) is 5.69 Å². The quantitative estimate of drug-likeness (QED) is 0.632. The van der Waals surface area contributed by atoms with Gasteiger partial charge in [-0.05, 0) is 29.7 Å². The van der Waals surface area contributed by atoms with Crippen LogP contribution in [0.15, 0.2) is 42.5 Å². The number of aliphatic hydroxyl groups excluding tert-OH is 1. The fourth-order valence-corrected chi connectivity index (χ4v) is 4.19. The summed E-state index contributed by atoms with van der Waals surface area (Å²) in [6.45, 7) is 5.87. The van der Waals surface area contributed by atoms with E-state index in [0.717, 1.165) is 44.8 Å². The first-order valence-corrected chi connectivity index (χ1v) is 9.84. The first-order chi connectivity index (χ1) is 13.7. The smallest absolute Gasteiger partial charge is 0.292 e. The summed E-state index contributed by atoms with van der Waals surface area (Å²) in [7, 11) is 0. The zero-order valence-corrected chi connectivity index (χ0v) is 16.0. The average Bonchev–Trinajstić information content (AvgIpc) is 2.73. The maximum Gasteiger partial charge on any atom is 0.292 e. The third kappa shape index (κ3) is 3.81. The van der Waals surface area contributed by atoms with Crippen LogP contribution < -0.4 is 9.80 Å². The molecule has 1 saturated heterocycles. The molecular weight excluding hydrogens is 356 g/mol.